The molecule has 0 atom stereocenters. The van der Waals surface area contributed by atoms with Crippen LogP contribution in [0, 0.1) is 0 Å². The van der Waals surface area contributed by atoms with Crippen molar-refractivity contribution >= 4 is 5.91 Å². The molecule has 1 aliphatic rings. The van der Waals surface area contributed by atoms with Crippen molar-refractivity contribution in [1.82, 2.24) is 5.32 Å². The van der Waals surface area contributed by atoms with Gasteiger partial charge in [-0.05, 0) is 13.5 Å². The molecule has 0 aromatic heterocycles. The van der Waals surface area contributed by atoms with Crippen LogP contribution in [-0.2, 0) is 4.79 Å². The Morgan fingerprint density at radius 3 is 2.89 bits per heavy atom. The number of rotatable bonds is 0. The number of hydrogen-bond donors (Lipinski definition) is 2. The second-order valence-electron chi connectivity index (χ2n) is 2.00. The highest BCUT2D eigenvalue weighted by molar-refractivity contribution is 5.93. The molecule has 0 aromatic carbocycles. The molecule has 1 rings (SSSR count). The summed E-state index contributed by atoms with van der Waals surface area (Å²) in [4.78, 5) is 10.7. The lowest BCUT2D eigenvalue weighted by Gasteiger charge is -2.08. The summed E-state index contributed by atoms with van der Waals surface area (Å²) < 4.78 is 0. The molecule has 0 saturated carbocycles. The lowest BCUT2D eigenvalue weighted by atomic mass is 10.3. The molecule has 3 N–H and O–H groups in total. The SMILES string of the molecule is C=C1NC(=O)C(C)=C[NH2+]1. The average molecular weight is 125 g/mol. The average Bonchev–Trinajstić information content (AvgIpc) is 1.80. The van der Waals surface area contributed by atoms with E-state index in [0.717, 1.165) is 5.57 Å². The van der Waals surface area contributed by atoms with E-state index >= 15 is 0 Å². The van der Waals surface area contributed by atoms with Gasteiger partial charge in [0.1, 0.15) is 6.20 Å². The Balaban J connectivity index is 2.79. The Bertz CT molecular complexity index is 193. The third kappa shape index (κ3) is 1.17. The second-order valence-corrected chi connectivity index (χ2v) is 2.00. The fourth-order valence-electron chi connectivity index (χ4n) is 0.587. The zero-order valence-corrected chi connectivity index (χ0v) is 5.27. The molecule has 0 fully saturated rings. The zero-order valence-electron chi connectivity index (χ0n) is 5.27. The van der Waals surface area contributed by atoms with E-state index in [0.29, 0.717) is 5.82 Å². The van der Waals surface area contributed by atoms with Crippen molar-refractivity contribution in [2.24, 2.45) is 0 Å². The molecule has 1 heterocycles. The molecule has 3 nitrogen and oxygen atoms in total. The largest absolute Gasteiger partial charge is 0.277 e. The van der Waals surface area contributed by atoms with E-state index in [1.165, 1.54) is 0 Å². The quantitative estimate of drug-likeness (QED) is 0.431. The van der Waals surface area contributed by atoms with E-state index < -0.39 is 0 Å². The Labute approximate surface area is 53.4 Å². The minimum Gasteiger partial charge on any atom is -0.277 e. The zero-order chi connectivity index (χ0) is 6.85. The minimum atomic E-state index is -0.0532. The highest BCUT2D eigenvalue weighted by atomic mass is 16.1. The molecule has 0 aliphatic carbocycles. The number of carbonyl (C=O) groups is 1. The number of nitrogens with two attached hydrogens (primary N) is 1. The van der Waals surface area contributed by atoms with Crippen LogP contribution in [-0.4, -0.2) is 5.91 Å². The summed E-state index contributed by atoms with van der Waals surface area (Å²) in [5.74, 6) is 0.605. The van der Waals surface area contributed by atoms with E-state index in [4.69, 9.17) is 0 Å². The molecule has 0 saturated heterocycles. The summed E-state index contributed by atoms with van der Waals surface area (Å²) in [6, 6.07) is 0. The molecule has 0 spiro atoms. The van der Waals surface area contributed by atoms with Crippen LogP contribution in [0.15, 0.2) is 24.2 Å². The van der Waals surface area contributed by atoms with Crippen molar-refractivity contribution < 1.29 is 10.1 Å². The van der Waals surface area contributed by atoms with Crippen molar-refractivity contribution in [3.8, 4) is 0 Å². The van der Waals surface area contributed by atoms with Crippen LogP contribution < -0.4 is 10.6 Å². The molecule has 0 radical (unpaired) electrons. The van der Waals surface area contributed by atoms with E-state index in [2.05, 4.69) is 11.9 Å². The Morgan fingerprint density at radius 1 is 1.78 bits per heavy atom. The van der Waals surface area contributed by atoms with Crippen molar-refractivity contribution in [1.29, 1.82) is 0 Å². The first-order valence-corrected chi connectivity index (χ1v) is 2.72. The summed E-state index contributed by atoms with van der Waals surface area (Å²) >= 11 is 0. The maximum Gasteiger partial charge on any atom is 0.260 e. The molecular weight excluding hydrogens is 116 g/mol. The lowest BCUT2D eigenvalue weighted by Crippen LogP contribution is -2.81. The van der Waals surface area contributed by atoms with Gasteiger partial charge in [0.15, 0.2) is 0 Å². The van der Waals surface area contributed by atoms with E-state index in [1.807, 2.05) is 0 Å². The molecular formula is C6H9N2O+. The molecule has 0 aromatic rings. The summed E-state index contributed by atoms with van der Waals surface area (Å²) in [6.07, 6.45) is 1.75. The molecule has 0 unspecified atom stereocenters. The fraction of sp³-hybridized carbons (Fsp3) is 0.167. The molecule has 1 amide bonds. The van der Waals surface area contributed by atoms with Gasteiger partial charge < -0.3 is 0 Å². The van der Waals surface area contributed by atoms with Gasteiger partial charge in [0.2, 0.25) is 5.82 Å². The third-order valence-electron chi connectivity index (χ3n) is 1.17. The molecule has 1 aliphatic heterocycles. The van der Waals surface area contributed by atoms with E-state index in [9.17, 15) is 4.79 Å². The van der Waals surface area contributed by atoms with Gasteiger partial charge in [-0.1, -0.05) is 0 Å². The van der Waals surface area contributed by atoms with E-state index in [1.54, 1.807) is 18.4 Å². The first kappa shape index (κ1) is 6.04. The molecule has 3 heteroatoms. The first-order chi connectivity index (χ1) is 4.20. The van der Waals surface area contributed by atoms with Gasteiger partial charge in [-0.2, -0.15) is 0 Å². The highest BCUT2D eigenvalue weighted by Gasteiger charge is 2.12. The van der Waals surface area contributed by atoms with Crippen molar-refractivity contribution in [2.75, 3.05) is 0 Å². The van der Waals surface area contributed by atoms with Crippen molar-refractivity contribution in [2.45, 2.75) is 6.92 Å². The number of amides is 1. The van der Waals surface area contributed by atoms with Crippen molar-refractivity contribution in [3.63, 3.8) is 0 Å². The smallest absolute Gasteiger partial charge is 0.260 e. The van der Waals surface area contributed by atoms with Crippen LogP contribution >= 0.6 is 0 Å². The number of hydrogen-bond acceptors (Lipinski definition) is 1. The maximum absolute atomic E-state index is 10.7. The van der Waals surface area contributed by atoms with Crippen LogP contribution in [0.2, 0.25) is 0 Å². The van der Waals surface area contributed by atoms with Crippen molar-refractivity contribution in [3.05, 3.63) is 24.2 Å². The standard InChI is InChI=1S/C6H8N2O/c1-4-3-7-5(2)8-6(4)9/h3,7H,2H2,1H3,(H,8,9)/p+1. The van der Waals surface area contributed by atoms with Gasteiger partial charge >= 0.3 is 0 Å². The van der Waals surface area contributed by atoms with Gasteiger partial charge in [0.25, 0.3) is 5.91 Å². The molecule has 9 heavy (non-hydrogen) atoms. The summed E-state index contributed by atoms with van der Waals surface area (Å²) in [5, 5.41) is 4.35. The van der Waals surface area contributed by atoms with Gasteiger partial charge in [-0.3, -0.25) is 15.4 Å². The van der Waals surface area contributed by atoms with E-state index in [-0.39, 0.29) is 5.91 Å². The minimum absolute atomic E-state index is 0.0532. The number of nitrogens with one attached hydrogen (secondary N) is 1. The Hall–Kier alpha value is -1.09. The number of quaternary nitrogens is 1. The van der Waals surface area contributed by atoms with Gasteiger partial charge in [-0.15, -0.1) is 0 Å². The molecule has 48 valence electrons. The molecule has 0 bridgehead atoms. The lowest BCUT2D eigenvalue weighted by molar-refractivity contribution is -0.541. The van der Waals surface area contributed by atoms with Gasteiger partial charge in [-0.25, -0.2) is 0 Å². The Kier molecular flexibility index (Phi) is 1.36. The third-order valence-corrected chi connectivity index (χ3v) is 1.17. The second kappa shape index (κ2) is 2.03. The van der Waals surface area contributed by atoms with Gasteiger partial charge in [0.05, 0.1) is 5.57 Å². The van der Waals surface area contributed by atoms with Gasteiger partial charge in [0, 0.05) is 0 Å². The summed E-state index contributed by atoms with van der Waals surface area (Å²) in [5.41, 5.74) is 0.724. The van der Waals surface area contributed by atoms with Crippen LogP contribution in [0.25, 0.3) is 0 Å². The normalized spacial score (nSPS) is 19.0. The topological polar surface area (TPSA) is 45.7 Å². The summed E-state index contributed by atoms with van der Waals surface area (Å²) in [7, 11) is 0. The predicted molar refractivity (Wildman–Crippen MR) is 33.0 cm³/mol. The van der Waals surface area contributed by atoms with Crippen LogP contribution in [0.3, 0.4) is 0 Å². The Morgan fingerprint density at radius 2 is 2.44 bits per heavy atom. The maximum atomic E-state index is 10.7. The predicted octanol–water partition coefficient (Wildman–Crippen LogP) is -0.945. The van der Waals surface area contributed by atoms with Crippen LogP contribution in [0.4, 0.5) is 0 Å². The summed E-state index contributed by atoms with van der Waals surface area (Å²) in [6.45, 7) is 5.33. The fourth-order valence-corrected chi connectivity index (χ4v) is 0.587. The monoisotopic (exact) mass is 125 g/mol. The highest BCUT2D eigenvalue weighted by Crippen LogP contribution is 1.91. The number of carbonyl (C=O) groups excluding carboxylic acids is 1. The first-order valence-electron chi connectivity index (χ1n) is 2.72. The van der Waals surface area contributed by atoms with Crippen LogP contribution in [0.5, 0.6) is 0 Å². The van der Waals surface area contributed by atoms with Crippen LogP contribution in [0.1, 0.15) is 6.92 Å².